The quantitative estimate of drug-likeness (QED) is 0.365. The van der Waals surface area contributed by atoms with E-state index in [1.54, 1.807) is 11.0 Å². The van der Waals surface area contributed by atoms with Crippen LogP contribution >= 0.6 is 0 Å². The molecule has 1 aliphatic heterocycles. The van der Waals surface area contributed by atoms with Gasteiger partial charge in [-0.3, -0.25) is 9.89 Å². The molecule has 1 aromatic carbocycles. The summed E-state index contributed by atoms with van der Waals surface area (Å²) in [5.41, 5.74) is 1.22. The molecule has 3 N–H and O–H groups in total. The largest absolute Gasteiger partial charge is 0.329 e. The molecule has 0 radical (unpaired) electrons. The van der Waals surface area contributed by atoms with E-state index in [0.29, 0.717) is 11.4 Å². The van der Waals surface area contributed by atoms with E-state index in [-0.39, 0.29) is 24.0 Å². The molecule has 0 bridgehead atoms. The van der Waals surface area contributed by atoms with Crippen molar-refractivity contribution in [3.63, 3.8) is 0 Å². The van der Waals surface area contributed by atoms with Crippen LogP contribution in [0, 0.1) is 10.7 Å². The molecule has 35 heavy (non-hydrogen) atoms. The van der Waals surface area contributed by atoms with Gasteiger partial charge in [0.1, 0.15) is 12.4 Å². The molecule has 11 heteroatoms. The number of halogens is 1. The van der Waals surface area contributed by atoms with Crippen molar-refractivity contribution in [2.24, 2.45) is 5.18 Å². The summed E-state index contributed by atoms with van der Waals surface area (Å²) in [6, 6.07) is 4.55. The number of anilines is 1. The predicted octanol–water partition coefficient (Wildman–Crippen LogP) is 5.02. The van der Waals surface area contributed by atoms with Gasteiger partial charge in [0, 0.05) is 10.6 Å². The topological polar surface area (TPSA) is 120 Å². The Morgan fingerprint density at radius 3 is 2.57 bits per heavy atom. The van der Waals surface area contributed by atoms with Crippen molar-refractivity contribution < 1.29 is 14.0 Å². The number of H-pyrrole nitrogens is 1. The molecule has 0 spiro atoms. The fraction of sp³-hybridized carbons (Fsp3) is 0.542. The minimum atomic E-state index is -1.75. The third-order valence-corrected chi connectivity index (χ3v) is 11.4. The lowest BCUT2D eigenvalue weighted by Gasteiger charge is -2.48. The highest BCUT2D eigenvalue weighted by molar-refractivity contribution is 6.83. The summed E-state index contributed by atoms with van der Waals surface area (Å²) in [5, 5.41) is 15.9. The molecule has 2 aliphatic rings. The molecular formula is C24H33FN6O3Si. The molecule has 2 heterocycles. The first kappa shape index (κ1) is 25.0. The van der Waals surface area contributed by atoms with Gasteiger partial charge >= 0.3 is 6.03 Å². The fourth-order valence-electron chi connectivity index (χ4n) is 5.28. The summed E-state index contributed by atoms with van der Waals surface area (Å²) in [7, 11) is -1.75. The third kappa shape index (κ3) is 4.26. The Balaban J connectivity index is 1.53. The highest BCUT2D eigenvalue weighted by Gasteiger charge is 2.54. The molecule has 1 fully saturated rings. The number of fused-ring (bicyclic) bond motifs is 1. The second kappa shape index (κ2) is 8.85. The van der Waals surface area contributed by atoms with Gasteiger partial charge < -0.3 is 15.5 Å². The Kier molecular flexibility index (Phi) is 6.33. The highest BCUT2D eigenvalue weighted by atomic mass is 28.3. The molecule has 0 unspecified atom stereocenters. The Morgan fingerprint density at radius 2 is 2.00 bits per heavy atom. The average molecular weight is 501 g/mol. The zero-order valence-electron chi connectivity index (χ0n) is 20.9. The minimum absolute atomic E-state index is 0.0150. The van der Waals surface area contributed by atoms with Gasteiger partial charge in [-0.1, -0.05) is 43.4 Å². The molecule has 3 amide bonds. The minimum Gasteiger partial charge on any atom is -0.329 e. The monoisotopic (exact) mass is 500 g/mol. The predicted molar refractivity (Wildman–Crippen MR) is 134 cm³/mol. The molecule has 1 aromatic heterocycles. The van der Waals surface area contributed by atoms with Crippen molar-refractivity contribution in [2.45, 2.75) is 75.9 Å². The van der Waals surface area contributed by atoms with Crippen LogP contribution in [0.15, 0.2) is 29.4 Å². The smallest absolute Gasteiger partial charge is 0.319 e. The van der Waals surface area contributed by atoms with E-state index in [1.165, 1.54) is 18.2 Å². The van der Waals surface area contributed by atoms with E-state index in [4.69, 9.17) is 0 Å². The standard InChI is InChI=1S/C24H33FN6O3Si/c1-23(2)19-17(20(30-29-19)28-21(32)24(10-7-11-24)35(3,4)5)14-31(23)22(33)27-18(13-26-34)15-8-6-9-16(25)12-15/h6,8-9,12,18H,7,10-11,13-14H2,1-5H3,(H,27,33)(H2,28,29,30,32)/t18-/m1/s1. The summed E-state index contributed by atoms with van der Waals surface area (Å²) in [6.45, 7) is 10.4. The Labute approximate surface area is 205 Å². The number of aromatic amines is 1. The molecule has 1 aliphatic carbocycles. The average Bonchev–Trinajstić information content (AvgIpc) is 3.23. The maximum atomic E-state index is 13.7. The van der Waals surface area contributed by atoms with Crippen molar-refractivity contribution in [1.29, 1.82) is 0 Å². The Hall–Kier alpha value is -3.08. The summed E-state index contributed by atoms with van der Waals surface area (Å²) in [4.78, 5) is 39.3. The summed E-state index contributed by atoms with van der Waals surface area (Å²) in [6.07, 6.45) is 2.85. The van der Waals surface area contributed by atoms with Gasteiger partial charge in [0.25, 0.3) is 0 Å². The maximum Gasteiger partial charge on any atom is 0.319 e. The molecule has 1 saturated carbocycles. The van der Waals surface area contributed by atoms with Crippen LogP contribution in [0.1, 0.15) is 56.0 Å². The zero-order valence-corrected chi connectivity index (χ0v) is 21.9. The summed E-state index contributed by atoms with van der Waals surface area (Å²) >= 11 is 0. The van der Waals surface area contributed by atoms with Crippen LogP contribution in [0.2, 0.25) is 24.7 Å². The number of carbonyl (C=O) groups is 2. The van der Waals surface area contributed by atoms with Gasteiger partial charge in [-0.15, -0.1) is 0 Å². The lowest BCUT2D eigenvalue weighted by Crippen LogP contribution is -2.52. The van der Waals surface area contributed by atoms with Crippen LogP contribution in [-0.4, -0.2) is 41.7 Å². The zero-order chi connectivity index (χ0) is 25.6. The summed E-state index contributed by atoms with van der Waals surface area (Å²) < 4.78 is 13.7. The second-order valence-corrected chi connectivity index (χ2v) is 16.5. The van der Waals surface area contributed by atoms with Gasteiger partial charge in [-0.2, -0.15) is 10.0 Å². The molecule has 1 atom stereocenters. The van der Waals surface area contributed by atoms with E-state index in [0.717, 1.165) is 30.5 Å². The Morgan fingerprint density at radius 1 is 1.29 bits per heavy atom. The summed E-state index contributed by atoms with van der Waals surface area (Å²) in [5.74, 6) is 0.00780. The number of nitroso groups, excluding NO2 is 1. The van der Waals surface area contributed by atoms with E-state index in [1.807, 2.05) is 13.8 Å². The highest BCUT2D eigenvalue weighted by Crippen LogP contribution is 2.56. The number of nitrogens with zero attached hydrogens (tertiary/aromatic N) is 3. The first-order valence-corrected chi connectivity index (χ1v) is 15.4. The number of carbonyl (C=O) groups excluding carboxylic acids is 2. The van der Waals surface area contributed by atoms with E-state index in [2.05, 4.69) is 45.6 Å². The lowest BCUT2D eigenvalue weighted by molar-refractivity contribution is -0.121. The van der Waals surface area contributed by atoms with E-state index in [9.17, 15) is 18.9 Å². The number of amides is 3. The van der Waals surface area contributed by atoms with Crippen molar-refractivity contribution in [3.05, 3.63) is 51.8 Å². The van der Waals surface area contributed by atoms with Crippen molar-refractivity contribution in [1.82, 2.24) is 20.4 Å². The van der Waals surface area contributed by atoms with Crippen LogP contribution < -0.4 is 10.6 Å². The molecule has 188 valence electrons. The van der Waals surface area contributed by atoms with Crippen LogP contribution in [0.25, 0.3) is 0 Å². The molecule has 0 saturated heterocycles. The maximum absolute atomic E-state index is 13.7. The number of nitrogens with one attached hydrogen (secondary N) is 3. The first-order valence-electron chi connectivity index (χ1n) is 11.9. The third-order valence-electron chi connectivity index (χ3n) is 7.83. The SMILES string of the molecule is CC1(C)c2[nH]nc(NC(=O)C3([Si](C)(C)C)CCC3)c2CN1C(=O)N[C@H](CN=O)c1cccc(F)c1. The molecule has 9 nitrogen and oxygen atoms in total. The van der Waals surface area contributed by atoms with Gasteiger partial charge in [0.2, 0.25) is 5.91 Å². The molecular weight excluding hydrogens is 467 g/mol. The van der Waals surface area contributed by atoms with Crippen molar-refractivity contribution in [3.8, 4) is 0 Å². The van der Waals surface area contributed by atoms with Gasteiger partial charge in [-0.25, -0.2) is 9.18 Å². The molecule has 2 aromatic rings. The van der Waals surface area contributed by atoms with Gasteiger partial charge in [0.05, 0.1) is 31.9 Å². The number of urea groups is 1. The Bertz CT molecular complexity index is 1150. The molecule has 4 rings (SSSR count). The van der Waals surface area contributed by atoms with Crippen molar-refractivity contribution >= 4 is 25.8 Å². The van der Waals surface area contributed by atoms with Crippen LogP contribution in [0.4, 0.5) is 15.0 Å². The van der Waals surface area contributed by atoms with Crippen LogP contribution in [0.3, 0.4) is 0 Å². The van der Waals surface area contributed by atoms with E-state index < -0.39 is 31.5 Å². The second-order valence-electron chi connectivity index (χ2n) is 11.1. The number of hydrogen-bond acceptors (Lipinski definition) is 5. The number of rotatable bonds is 7. The van der Waals surface area contributed by atoms with E-state index >= 15 is 0 Å². The normalized spacial score (nSPS) is 18.9. The lowest BCUT2D eigenvalue weighted by atomic mass is 9.83. The first-order chi connectivity index (χ1) is 16.4. The van der Waals surface area contributed by atoms with Crippen molar-refractivity contribution in [2.75, 3.05) is 11.9 Å². The van der Waals surface area contributed by atoms with Gasteiger partial charge in [0.15, 0.2) is 5.82 Å². The number of aromatic nitrogens is 2. The number of hydrogen-bond donors (Lipinski definition) is 3. The number of benzene rings is 1. The van der Waals surface area contributed by atoms with Crippen LogP contribution in [-0.2, 0) is 16.9 Å². The van der Waals surface area contributed by atoms with Crippen LogP contribution in [0.5, 0.6) is 0 Å². The van der Waals surface area contributed by atoms with Gasteiger partial charge in [-0.05, 0) is 44.4 Å². The fourth-order valence-corrected chi connectivity index (χ4v) is 7.88.